The van der Waals surface area contributed by atoms with Crippen LogP contribution in [0.5, 0.6) is 0 Å². The highest BCUT2D eigenvalue weighted by Crippen LogP contribution is 2.20. The Balaban J connectivity index is 0.00000242. The summed E-state index contributed by atoms with van der Waals surface area (Å²) in [6.45, 7) is 0.399. The van der Waals surface area contributed by atoms with Crippen molar-refractivity contribution in [3.63, 3.8) is 0 Å². The van der Waals surface area contributed by atoms with Crippen LogP contribution < -0.4 is 11.1 Å². The molecule has 1 aliphatic rings. The van der Waals surface area contributed by atoms with Crippen molar-refractivity contribution in [2.75, 3.05) is 18.4 Å². The van der Waals surface area contributed by atoms with Gasteiger partial charge < -0.3 is 16.0 Å². The summed E-state index contributed by atoms with van der Waals surface area (Å²) in [4.78, 5) is 35.4. The number of likely N-dealkylation sites (tertiary alicyclic amines) is 1. The van der Waals surface area contributed by atoms with E-state index in [1.54, 1.807) is 0 Å². The number of carbonyl (C=O) groups is 2. The maximum absolute atomic E-state index is 12.2. The van der Waals surface area contributed by atoms with E-state index < -0.39 is 11.0 Å². The van der Waals surface area contributed by atoms with Gasteiger partial charge in [-0.3, -0.25) is 19.7 Å². The van der Waals surface area contributed by atoms with E-state index in [0.29, 0.717) is 18.7 Å². The first-order chi connectivity index (χ1) is 10.0. The lowest BCUT2D eigenvalue weighted by Gasteiger charge is -2.23. The normalized spacial score (nSPS) is 16.8. The third-order valence-electron chi connectivity index (χ3n) is 3.40. The van der Waals surface area contributed by atoms with E-state index in [4.69, 9.17) is 5.73 Å². The van der Waals surface area contributed by atoms with Gasteiger partial charge in [0.25, 0.3) is 5.69 Å². The Labute approximate surface area is 137 Å². The predicted octanol–water partition coefficient (Wildman–Crippen LogP) is 1.06. The molecule has 2 amide bonds. The highest BCUT2D eigenvalue weighted by molar-refractivity contribution is 8.93. The first kappa shape index (κ1) is 18.1. The van der Waals surface area contributed by atoms with Gasteiger partial charge in [-0.2, -0.15) is 0 Å². The molecule has 1 heterocycles. The summed E-state index contributed by atoms with van der Waals surface area (Å²) in [6.07, 6.45) is 1.34. The molecule has 8 nitrogen and oxygen atoms in total. The topological polar surface area (TPSA) is 119 Å². The number of anilines is 1. The maximum Gasteiger partial charge on any atom is 0.269 e. The van der Waals surface area contributed by atoms with Gasteiger partial charge in [-0.15, -0.1) is 17.0 Å². The number of nitrogens with two attached hydrogens (primary N) is 1. The number of rotatable bonds is 4. The Kier molecular flexibility index (Phi) is 6.44. The van der Waals surface area contributed by atoms with Gasteiger partial charge in [0.1, 0.15) is 6.04 Å². The summed E-state index contributed by atoms with van der Waals surface area (Å²) in [7, 11) is 0. The van der Waals surface area contributed by atoms with Gasteiger partial charge in [0.05, 0.1) is 11.5 Å². The minimum absolute atomic E-state index is 0. The fourth-order valence-electron chi connectivity index (χ4n) is 2.35. The van der Waals surface area contributed by atoms with Crippen molar-refractivity contribution in [1.29, 1.82) is 0 Å². The summed E-state index contributed by atoms with van der Waals surface area (Å²) in [5.41, 5.74) is 5.73. The van der Waals surface area contributed by atoms with Crippen LogP contribution in [0.3, 0.4) is 0 Å². The minimum Gasteiger partial charge on any atom is -0.330 e. The molecule has 1 fully saturated rings. The van der Waals surface area contributed by atoms with Crippen molar-refractivity contribution in [2.45, 2.75) is 18.9 Å². The number of nitrogens with zero attached hydrogens (tertiary/aromatic N) is 2. The van der Waals surface area contributed by atoms with E-state index >= 15 is 0 Å². The summed E-state index contributed by atoms with van der Waals surface area (Å²) < 4.78 is 0. The van der Waals surface area contributed by atoms with Crippen LogP contribution in [0.15, 0.2) is 24.3 Å². The van der Waals surface area contributed by atoms with Gasteiger partial charge in [0, 0.05) is 24.4 Å². The molecule has 1 unspecified atom stereocenters. The van der Waals surface area contributed by atoms with Crippen LogP contribution in [0.1, 0.15) is 12.8 Å². The quantitative estimate of drug-likeness (QED) is 0.604. The minimum atomic E-state index is -0.531. The monoisotopic (exact) mass is 372 g/mol. The highest BCUT2D eigenvalue weighted by Gasteiger charge is 2.33. The Morgan fingerprint density at radius 1 is 1.36 bits per heavy atom. The molecule has 0 radical (unpaired) electrons. The van der Waals surface area contributed by atoms with Gasteiger partial charge in [-0.1, -0.05) is 0 Å². The third kappa shape index (κ3) is 4.01. The number of nitro groups is 1. The Bertz CT molecular complexity index is 564. The second kappa shape index (κ2) is 7.85. The van der Waals surface area contributed by atoms with E-state index in [2.05, 4.69) is 5.32 Å². The van der Waals surface area contributed by atoms with E-state index in [-0.39, 0.29) is 41.0 Å². The van der Waals surface area contributed by atoms with Crippen LogP contribution in [0.2, 0.25) is 0 Å². The lowest BCUT2D eigenvalue weighted by Crippen LogP contribution is -2.45. The molecule has 1 aromatic carbocycles. The molecule has 0 bridgehead atoms. The first-order valence-electron chi connectivity index (χ1n) is 6.58. The lowest BCUT2D eigenvalue weighted by molar-refractivity contribution is -0.384. The fraction of sp³-hybridized carbons (Fsp3) is 0.385. The van der Waals surface area contributed by atoms with Crippen molar-refractivity contribution in [3.8, 4) is 0 Å². The number of hydrogen-bond acceptors (Lipinski definition) is 5. The number of hydrogen-bond donors (Lipinski definition) is 2. The molecule has 1 saturated heterocycles. The van der Waals surface area contributed by atoms with Crippen LogP contribution in [-0.4, -0.2) is 40.8 Å². The zero-order chi connectivity index (χ0) is 15.4. The molecule has 22 heavy (non-hydrogen) atoms. The van der Waals surface area contributed by atoms with Crippen molar-refractivity contribution in [1.82, 2.24) is 4.90 Å². The molecule has 0 spiro atoms. The predicted molar refractivity (Wildman–Crippen MR) is 85.8 cm³/mol. The molecule has 0 saturated carbocycles. The summed E-state index contributed by atoms with van der Waals surface area (Å²) in [6, 6.07) is 5.01. The summed E-state index contributed by atoms with van der Waals surface area (Å²) in [5, 5.41) is 13.2. The molecule has 2 rings (SSSR count). The fourth-order valence-corrected chi connectivity index (χ4v) is 2.35. The van der Waals surface area contributed by atoms with Crippen molar-refractivity contribution >= 4 is 40.2 Å². The van der Waals surface area contributed by atoms with E-state index in [1.165, 1.54) is 29.2 Å². The molecule has 1 aromatic rings. The van der Waals surface area contributed by atoms with E-state index in [1.807, 2.05) is 0 Å². The number of nitrogens with one attached hydrogen (secondary N) is 1. The van der Waals surface area contributed by atoms with Crippen LogP contribution in [-0.2, 0) is 9.59 Å². The molecule has 0 aliphatic carbocycles. The number of nitro benzene ring substituents is 1. The van der Waals surface area contributed by atoms with Gasteiger partial charge in [0.15, 0.2) is 0 Å². The second-order valence-electron chi connectivity index (χ2n) is 4.74. The number of carbonyl (C=O) groups excluding carboxylic acids is 2. The average Bonchev–Trinajstić information content (AvgIpc) is 2.96. The van der Waals surface area contributed by atoms with Crippen LogP contribution >= 0.6 is 17.0 Å². The largest absolute Gasteiger partial charge is 0.330 e. The Hall–Kier alpha value is -2.00. The molecular weight excluding hydrogens is 356 g/mol. The van der Waals surface area contributed by atoms with Crippen LogP contribution in [0.4, 0.5) is 11.4 Å². The van der Waals surface area contributed by atoms with Crippen LogP contribution in [0, 0.1) is 10.1 Å². The van der Waals surface area contributed by atoms with E-state index in [9.17, 15) is 19.7 Å². The van der Waals surface area contributed by atoms with Gasteiger partial charge >= 0.3 is 0 Å². The van der Waals surface area contributed by atoms with Crippen molar-refractivity contribution in [2.24, 2.45) is 5.73 Å². The zero-order valence-corrected chi connectivity index (χ0v) is 13.4. The average molecular weight is 373 g/mol. The molecular formula is C13H17BrN4O4. The molecule has 1 aliphatic heterocycles. The summed E-state index contributed by atoms with van der Waals surface area (Å²) >= 11 is 0. The van der Waals surface area contributed by atoms with Gasteiger partial charge in [-0.05, 0) is 25.0 Å². The van der Waals surface area contributed by atoms with Crippen molar-refractivity contribution in [3.05, 3.63) is 34.4 Å². The van der Waals surface area contributed by atoms with Crippen molar-refractivity contribution < 1.29 is 14.5 Å². The maximum atomic E-state index is 12.2. The highest BCUT2D eigenvalue weighted by atomic mass is 79.9. The first-order valence-corrected chi connectivity index (χ1v) is 6.58. The second-order valence-corrected chi connectivity index (χ2v) is 4.74. The number of benzene rings is 1. The standard InChI is InChI=1S/C13H16N4O4.BrH/c14-8-12(18)16-7-1-2-11(16)13(19)15-9-3-5-10(6-4-9)17(20)21;/h3-6,11H,1-2,7-8,14H2,(H,15,19);1H. The van der Waals surface area contributed by atoms with Gasteiger partial charge in [0.2, 0.25) is 11.8 Å². The Morgan fingerprint density at radius 2 is 2.00 bits per heavy atom. The van der Waals surface area contributed by atoms with E-state index in [0.717, 1.165) is 6.42 Å². The molecule has 9 heteroatoms. The number of amides is 2. The Morgan fingerprint density at radius 3 is 2.55 bits per heavy atom. The molecule has 0 aromatic heterocycles. The summed E-state index contributed by atoms with van der Waals surface area (Å²) in [5.74, 6) is -0.556. The third-order valence-corrected chi connectivity index (χ3v) is 3.40. The lowest BCUT2D eigenvalue weighted by atomic mass is 10.2. The SMILES string of the molecule is Br.NCC(=O)N1CCCC1C(=O)Nc1ccc([N+](=O)[O-])cc1. The number of non-ortho nitro benzene ring substituents is 1. The molecule has 120 valence electrons. The smallest absolute Gasteiger partial charge is 0.269 e. The number of halogens is 1. The molecule has 3 N–H and O–H groups in total. The van der Waals surface area contributed by atoms with Gasteiger partial charge in [-0.25, -0.2) is 0 Å². The molecule has 1 atom stereocenters. The van der Waals surface area contributed by atoms with Crippen LogP contribution in [0.25, 0.3) is 0 Å². The zero-order valence-electron chi connectivity index (χ0n) is 11.7.